The van der Waals surface area contributed by atoms with Crippen LogP contribution >= 0.6 is 23.2 Å². The Hall–Kier alpha value is -2.66. The molecule has 13 heteroatoms. The van der Waals surface area contributed by atoms with Crippen LogP contribution in [0.3, 0.4) is 0 Å². The minimum absolute atomic E-state index is 0.0199. The lowest BCUT2D eigenvalue weighted by molar-refractivity contribution is -0.144. The lowest BCUT2D eigenvalue weighted by Gasteiger charge is -2.37. The fraction of sp³-hybridized carbons (Fsp3) is 0.742. The number of amides is 5. The second-order valence-corrected chi connectivity index (χ2v) is 16.6. The summed E-state index contributed by atoms with van der Waals surface area (Å²) in [6.07, 6.45) is 1.74. The molecule has 0 aromatic heterocycles. The maximum absolute atomic E-state index is 13.9. The fourth-order valence-corrected chi connectivity index (χ4v) is 6.18. The predicted molar refractivity (Wildman–Crippen MR) is 170 cm³/mol. The first-order valence-corrected chi connectivity index (χ1v) is 15.7. The number of carbonyl (C=O) groups excluding carboxylic acids is 6. The van der Waals surface area contributed by atoms with Crippen LogP contribution in [0.5, 0.6) is 0 Å². The minimum atomic E-state index is -1.27. The van der Waals surface area contributed by atoms with E-state index < -0.39 is 74.8 Å². The zero-order valence-electron chi connectivity index (χ0n) is 27.4. The van der Waals surface area contributed by atoms with Crippen LogP contribution in [0, 0.1) is 22.7 Å². The average Bonchev–Trinajstić information content (AvgIpc) is 3.17. The molecule has 0 spiro atoms. The Labute approximate surface area is 271 Å². The summed E-state index contributed by atoms with van der Waals surface area (Å²) in [4.78, 5) is 79.6. The van der Waals surface area contributed by atoms with Crippen molar-refractivity contribution in [2.45, 2.75) is 110 Å². The van der Waals surface area contributed by atoms with Gasteiger partial charge in [0.15, 0.2) is 0 Å². The molecule has 5 amide bonds. The average molecular weight is 659 g/mol. The molecule has 1 heterocycles. The molecule has 0 aromatic rings. The molecular weight excluding hydrogens is 609 g/mol. The number of fused-ring (bicyclic) bond motifs is 1. The Morgan fingerprint density at radius 2 is 1.57 bits per heavy atom. The molecule has 2 aliphatic rings. The van der Waals surface area contributed by atoms with Crippen LogP contribution in [0.15, 0.2) is 12.7 Å². The van der Waals surface area contributed by atoms with Crippen molar-refractivity contribution in [1.82, 2.24) is 26.2 Å². The molecular formula is C31H49Cl2N5O6. The first-order valence-electron chi connectivity index (χ1n) is 14.9. The molecule has 4 N–H and O–H groups in total. The van der Waals surface area contributed by atoms with Crippen LogP contribution < -0.4 is 21.3 Å². The molecule has 1 unspecified atom stereocenters. The number of rotatable bonds is 12. The van der Waals surface area contributed by atoms with Gasteiger partial charge in [-0.25, -0.2) is 4.79 Å². The van der Waals surface area contributed by atoms with E-state index in [1.54, 1.807) is 20.8 Å². The van der Waals surface area contributed by atoms with Gasteiger partial charge < -0.3 is 26.2 Å². The van der Waals surface area contributed by atoms with Crippen molar-refractivity contribution in [2.24, 2.45) is 22.7 Å². The lowest BCUT2D eigenvalue weighted by Crippen LogP contribution is -2.62. The van der Waals surface area contributed by atoms with Gasteiger partial charge in [0, 0.05) is 43.3 Å². The zero-order chi connectivity index (χ0) is 34.0. The standard InChI is InChI=1S/C31H49Cl2N5O6/c1-11-12-19(22(40)25(42)34-14-13-17(39)15-28(2,3)4)35-24(41)21-20-18(31(20,32)33)16-38(21)26(43)23(29(5,6)7)36-27(44)37-30(8,9)10/h11,18-21,23H,1,12-16H2,2-10H3,(H,34,42)(H,35,41)(H2,36,37,44)/t18-,19?,20-,21-,23+/m0/s1. The summed E-state index contributed by atoms with van der Waals surface area (Å²) in [5, 5.41) is 10.6. The van der Waals surface area contributed by atoms with Crippen molar-refractivity contribution >= 4 is 58.5 Å². The highest BCUT2D eigenvalue weighted by atomic mass is 35.5. The van der Waals surface area contributed by atoms with E-state index in [4.69, 9.17) is 23.2 Å². The number of carbonyl (C=O) groups is 6. The van der Waals surface area contributed by atoms with Crippen molar-refractivity contribution < 1.29 is 28.8 Å². The van der Waals surface area contributed by atoms with Crippen molar-refractivity contribution in [2.75, 3.05) is 13.1 Å². The number of alkyl halides is 2. The van der Waals surface area contributed by atoms with Gasteiger partial charge in [-0.1, -0.05) is 47.6 Å². The molecule has 248 valence electrons. The second-order valence-electron chi connectivity index (χ2n) is 15.1. The Kier molecular flexibility index (Phi) is 11.7. The highest BCUT2D eigenvalue weighted by Gasteiger charge is 2.74. The molecule has 0 radical (unpaired) electrons. The third kappa shape index (κ3) is 9.92. The van der Waals surface area contributed by atoms with Crippen LogP contribution in [0.25, 0.3) is 0 Å². The third-order valence-electron chi connectivity index (χ3n) is 7.44. The van der Waals surface area contributed by atoms with E-state index in [1.807, 2.05) is 41.5 Å². The first-order chi connectivity index (χ1) is 19.9. The van der Waals surface area contributed by atoms with Gasteiger partial charge >= 0.3 is 6.03 Å². The maximum atomic E-state index is 13.9. The van der Waals surface area contributed by atoms with Gasteiger partial charge in [-0.05, 0) is 38.0 Å². The quantitative estimate of drug-likeness (QED) is 0.144. The molecule has 1 saturated heterocycles. The number of hydrogen-bond donors (Lipinski definition) is 4. The number of Topliss-reactive ketones (excluding diaryl/α,β-unsaturated/α-hetero) is 2. The molecule has 0 aromatic carbocycles. The number of ketones is 2. The van der Waals surface area contributed by atoms with Gasteiger partial charge in [0.2, 0.25) is 17.6 Å². The van der Waals surface area contributed by atoms with Crippen LogP contribution in [0.2, 0.25) is 0 Å². The topological polar surface area (TPSA) is 154 Å². The molecule has 11 nitrogen and oxygen atoms in total. The highest BCUT2D eigenvalue weighted by Crippen LogP contribution is 2.65. The summed E-state index contributed by atoms with van der Waals surface area (Å²) < 4.78 is -1.25. The maximum Gasteiger partial charge on any atom is 0.315 e. The molecule has 1 aliphatic heterocycles. The molecule has 2 rings (SSSR count). The van der Waals surface area contributed by atoms with Gasteiger partial charge in [0.25, 0.3) is 5.91 Å². The van der Waals surface area contributed by atoms with E-state index in [1.165, 1.54) is 11.0 Å². The van der Waals surface area contributed by atoms with Crippen molar-refractivity contribution in [3.63, 3.8) is 0 Å². The molecule has 44 heavy (non-hydrogen) atoms. The number of nitrogens with one attached hydrogen (secondary N) is 4. The van der Waals surface area contributed by atoms with Gasteiger partial charge in [0.05, 0.1) is 0 Å². The molecule has 0 bridgehead atoms. The van der Waals surface area contributed by atoms with E-state index in [9.17, 15) is 28.8 Å². The summed E-state index contributed by atoms with van der Waals surface area (Å²) >= 11 is 12.9. The SMILES string of the molecule is C=CCC(NC(=O)[C@@H]1[C@@H]2[C@H](CN1C(=O)[C@@H](NC(=O)NC(C)(C)C)C(C)(C)C)C2(Cl)Cl)C(=O)C(=O)NCCC(=O)CC(C)(C)C. The van der Waals surface area contributed by atoms with E-state index in [0.717, 1.165) is 0 Å². The molecule has 1 saturated carbocycles. The summed E-state index contributed by atoms with van der Waals surface area (Å²) in [6.45, 7) is 20.3. The number of piperidine rings is 1. The monoisotopic (exact) mass is 657 g/mol. The number of hydrogen-bond acceptors (Lipinski definition) is 6. The largest absolute Gasteiger partial charge is 0.349 e. The smallest absolute Gasteiger partial charge is 0.315 e. The van der Waals surface area contributed by atoms with E-state index >= 15 is 0 Å². The van der Waals surface area contributed by atoms with Crippen LogP contribution in [0.4, 0.5) is 4.79 Å². The van der Waals surface area contributed by atoms with Gasteiger partial charge in [-0.15, -0.1) is 29.8 Å². The highest BCUT2D eigenvalue weighted by molar-refractivity contribution is 6.51. The van der Waals surface area contributed by atoms with Gasteiger partial charge in [-0.3, -0.25) is 24.0 Å². The fourth-order valence-electron chi connectivity index (χ4n) is 5.35. The Morgan fingerprint density at radius 1 is 0.977 bits per heavy atom. The van der Waals surface area contributed by atoms with E-state index in [-0.39, 0.29) is 37.1 Å². The summed E-state index contributed by atoms with van der Waals surface area (Å²) in [7, 11) is 0. The van der Waals surface area contributed by atoms with E-state index in [2.05, 4.69) is 27.8 Å². The predicted octanol–water partition coefficient (Wildman–Crippen LogP) is 3.27. The van der Waals surface area contributed by atoms with Crippen LogP contribution in [-0.4, -0.2) is 81.3 Å². The Morgan fingerprint density at radius 3 is 2.07 bits per heavy atom. The van der Waals surface area contributed by atoms with Gasteiger partial charge in [0.1, 0.15) is 28.2 Å². The number of nitrogens with zero attached hydrogens (tertiary/aromatic N) is 1. The zero-order valence-corrected chi connectivity index (χ0v) is 28.9. The van der Waals surface area contributed by atoms with Gasteiger partial charge in [-0.2, -0.15) is 0 Å². The summed E-state index contributed by atoms with van der Waals surface area (Å²) in [5.74, 6) is -4.11. The lowest BCUT2D eigenvalue weighted by atomic mass is 9.85. The van der Waals surface area contributed by atoms with Crippen molar-refractivity contribution in [1.29, 1.82) is 0 Å². The molecule has 5 atom stereocenters. The first kappa shape index (κ1) is 37.5. The Balaban J connectivity index is 2.20. The second kappa shape index (κ2) is 13.8. The third-order valence-corrected chi connectivity index (χ3v) is 8.50. The number of halogens is 2. The normalized spacial score (nSPS) is 22.2. The minimum Gasteiger partial charge on any atom is -0.349 e. The molecule has 1 aliphatic carbocycles. The van der Waals surface area contributed by atoms with Crippen molar-refractivity contribution in [3.8, 4) is 0 Å². The number of urea groups is 1. The number of likely N-dealkylation sites (tertiary alicyclic amines) is 1. The summed E-state index contributed by atoms with van der Waals surface area (Å²) in [5.41, 5.74) is -1.48. The Bertz CT molecular complexity index is 1170. The van der Waals surface area contributed by atoms with Crippen molar-refractivity contribution in [3.05, 3.63) is 12.7 Å². The summed E-state index contributed by atoms with van der Waals surface area (Å²) in [6, 6.07) is -3.95. The van der Waals surface area contributed by atoms with E-state index in [0.29, 0.717) is 6.42 Å². The molecule has 2 fully saturated rings. The van der Waals surface area contributed by atoms with Crippen LogP contribution in [-0.2, 0) is 24.0 Å². The van der Waals surface area contributed by atoms with Crippen LogP contribution in [0.1, 0.15) is 81.6 Å².